The third-order valence-electron chi connectivity index (χ3n) is 3.06. The maximum atomic E-state index is 12.0. The van der Waals surface area contributed by atoms with Crippen molar-refractivity contribution in [2.75, 3.05) is 0 Å². The first-order chi connectivity index (χ1) is 10.8. The zero-order chi connectivity index (χ0) is 17.0. The predicted octanol–water partition coefficient (Wildman–Crippen LogP) is 1.79. The molecule has 2 rings (SSSR count). The van der Waals surface area contributed by atoms with Gasteiger partial charge in [0.25, 0.3) is 5.91 Å². The number of nitrogens with two attached hydrogens (primary N) is 1. The van der Waals surface area contributed by atoms with E-state index in [-0.39, 0.29) is 16.7 Å². The molecule has 1 heterocycles. The van der Waals surface area contributed by atoms with Crippen molar-refractivity contribution >= 4 is 27.3 Å². The summed E-state index contributed by atoms with van der Waals surface area (Å²) in [6, 6.07) is 10.5. The Bertz CT molecular complexity index is 782. The first-order valence-corrected chi connectivity index (χ1v) is 9.24. The van der Waals surface area contributed by atoms with E-state index in [4.69, 9.17) is 9.88 Å². The summed E-state index contributed by atoms with van der Waals surface area (Å²) in [7, 11) is -3.70. The largest absolute Gasteiger partial charge is 0.481 e. The molecule has 0 aliphatic rings. The SMILES string of the molecule is Cc1ccc(OC(C)C(=O)NCc2ccc(S(N)(=O)=O)s2)cc1. The summed E-state index contributed by atoms with van der Waals surface area (Å²) in [6.45, 7) is 3.84. The quantitative estimate of drug-likeness (QED) is 0.826. The summed E-state index contributed by atoms with van der Waals surface area (Å²) in [4.78, 5) is 12.7. The topological polar surface area (TPSA) is 98.5 Å². The van der Waals surface area contributed by atoms with Crippen LogP contribution in [0.5, 0.6) is 5.75 Å². The number of ether oxygens (including phenoxy) is 1. The Morgan fingerprint density at radius 3 is 2.48 bits per heavy atom. The molecule has 1 atom stereocenters. The van der Waals surface area contributed by atoms with E-state index >= 15 is 0 Å². The first kappa shape index (κ1) is 17.5. The lowest BCUT2D eigenvalue weighted by atomic mass is 10.2. The van der Waals surface area contributed by atoms with Crippen molar-refractivity contribution in [1.29, 1.82) is 0 Å². The number of hydrogen-bond donors (Lipinski definition) is 2. The number of carbonyl (C=O) groups excluding carboxylic acids is 1. The van der Waals surface area contributed by atoms with E-state index in [1.165, 1.54) is 6.07 Å². The van der Waals surface area contributed by atoms with E-state index in [1.54, 1.807) is 25.1 Å². The van der Waals surface area contributed by atoms with E-state index in [9.17, 15) is 13.2 Å². The number of sulfonamides is 1. The van der Waals surface area contributed by atoms with E-state index in [1.807, 2.05) is 19.1 Å². The first-order valence-electron chi connectivity index (χ1n) is 6.88. The Kier molecular flexibility index (Phi) is 5.40. The molecule has 0 spiro atoms. The molecule has 8 heteroatoms. The number of hydrogen-bond acceptors (Lipinski definition) is 5. The van der Waals surface area contributed by atoms with Crippen molar-refractivity contribution in [3.8, 4) is 5.75 Å². The number of rotatable bonds is 6. The van der Waals surface area contributed by atoms with Crippen LogP contribution < -0.4 is 15.2 Å². The van der Waals surface area contributed by atoms with Crippen molar-refractivity contribution in [1.82, 2.24) is 5.32 Å². The predicted molar refractivity (Wildman–Crippen MR) is 88.8 cm³/mol. The van der Waals surface area contributed by atoms with Crippen LogP contribution in [-0.2, 0) is 21.4 Å². The Morgan fingerprint density at radius 1 is 1.26 bits per heavy atom. The van der Waals surface area contributed by atoms with Gasteiger partial charge in [-0.2, -0.15) is 0 Å². The highest BCUT2D eigenvalue weighted by atomic mass is 32.2. The smallest absolute Gasteiger partial charge is 0.261 e. The maximum absolute atomic E-state index is 12.0. The van der Waals surface area contributed by atoms with E-state index in [0.717, 1.165) is 16.9 Å². The zero-order valence-electron chi connectivity index (χ0n) is 12.8. The number of thiophene rings is 1. The van der Waals surface area contributed by atoms with Crippen LogP contribution in [0.15, 0.2) is 40.6 Å². The monoisotopic (exact) mass is 354 g/mol. The Morgan fingerprint density at radius 2 is 1.91 bits per heavy atom. The van der Waals surface area contributed by atoms with Crippen molar-refractivity contribution < 1.29 is 17.9 Å². The molecule has 23 heavy (non-hydrogen) atoms. The summed E-state index contributed by atoms with van der Waals surface area (Å²) in [5.74, 6) is 0.335. The minimum Gasteiger partial charge on any atom is -0.481 e. The average Bonchev–Trinajstić information content (AvgIpc) is 2.96. The van der Waals surface area contributed by atoms with Gasteiger partial charge in [-0.1, -0.05) is 17.7 Å². The molecular formula is C15H18N2O4S2. The van der Waals surface area contributed by atoms with Crippen molar-refractivity contribution in [3.05, 3.63) is 46.8 Å². The molecule has 0 saturated carbocycles. The molecule has 6 nitrogen and oxygen atoms in total. The van der Waals surface area contributed by atoms with E-state index in [0.29, 0.717) is 10.6 Å². The molecule has 1 aromatic heterocycles. The van der Waals surface area contributed by atoms with Crippen molar-refractivity contribution in [2.24, 2.45) is 5.14 Å². The molecule has 0 fully saturated rings. The number of amides is 1. The second kappa shape index (κ2) is 7.12. The number of aryl methyl sites for hydroxylation is 1. The van der Waals surface area contributed by atoms with Gasteiger partial charge in [0.05, 0.1) is 6.54 Å². The van der Waals surface area contributed by atoms with Gasteiger partial charge in [-0.05, 0) is 38.1 Å². The van der Waals surface area contributed by atoms with Gasteiger partial charge in [0.15, 0.2) is 6.10 Å². The molecule has 1 amide bonds. The van der Waals surface area contributed by atoms with Gasteiger partial charge in [-0.15, -0.1) is 11.3 Å². The van der Waals surface area contributed by atoms with E-state index < -0.39 is 16.1 Å². The Balaban J connectivity index is 1.89. The fourth-order valence-corrected chi connectivity index (χ4v) is 3.52. The Hall–Kier alpha value is -1.90. The third-order valence-corrected chi connectivity index (χ3v) is 5.58. The van der Waals surface area contributed by atoms with Crippen LogP contribution in [0.3, 0.4) is 0 Å². The lowest BCUT2D eigenvalue weighted by molar-refractivity contribution is -0.127. The number of carbonyl (C=O) groups is 1. The average molecular weight is 354 g/mol. The van der Waals surface area contributed by atoms with Gasteiger partial charge in [-0.3, -0.25) is 4.79 Å². The van der Waals surface area contributed by atoms with Crippen molar-refractivity contribution in [2.45, 2.75) is 30.7 Å². The summed E-state index contributed by atoms with van der Waals surface area (Å²) >= 11 is 1.03. The molecule has 2 aromatic rings. The molecule has 0 aliphatic carbocycles. The number of primary sulfonamides is 1. The number of benzene rings is 1. The second-order valence-electron chi connectivity index (χ2n) is 5.06. The highest BCUT2D eigenvalue weighted by Crippen LogP contribution is 2.20. The van der Waals surface area contributed by atoms with Gasteiger partial charge in [0.1, 0.15) is 9.96 Å². The minimum atomic E-state index is -3.70. The summed E-state index contributed by atoms with van der Waals surface area (Å²) in [5.41, 5.74) is 1.11. The van der Waals surface area contributed by atoms with Crippen LogP contribution in [0, 0.1) is 6.92 Å². The fraction of sp³-hybridized carbons (Fsp3) is 0.267. The molecule has 0 aliphatic heterocycles. The third kappa shape index (κ3) is 5.05. The highest BCUT2D eigenvalue weighted by molar-refractivity contribution is 7.91. The molecule has 0 radical (unpaired) electrons. The molecule has 1 aromatic carbocycles. The van der Waals surface area contributed by atoms with Gasteiger partial charge in [-0.25, -0.2) is 13.6 Å². The highest BCUT2D eigenvalue weighted by Gasteiger charge is 2.16. The van der Waals surface area contributed by atoms with Crippen molar-refractivity contribution in [3.63, 3.8) is 0 Å². The standard InChI is InChI=1S/C15H18N2O4S2/c1-10-3-5-12(6-4-10)21-11(2)15(18)17-9-13-7-8-14(22-13)23(16,19)20/h3-8,11H,9H2,1-2H3,(H,17,18)(H2,16,19,20). The van der Waals surface area contributed by atoms with E-state index in [2.05, 4.69) is 5.32 Å². The molecule has 0 saturated heterocycles. The fourth-order valence-electron chi connectivity index (χ4n) is 1.80. The normalized spacial score (nSPS) is 12.7. The molecule has 3 N–H and O–H groups in total. The van der Waals surface area contributed by atoms with Gasteiger partial charge in [0, 0.05) is 4.88 Å². The summed E-state index contributed by atoms with van der Waals surface area (Å²) < 4.78 is 28.0. The summed E-state index contributed by atoms with van der Waals surface area (Å²) in [5, 5.41) is 7.75. The van der Waals surface area contributed by atoms with Crippen LogP contribution in [0.2, 0.25) is 0 Å². The van der Waals surface area contributed by atoms with Crippen LogP contribution in [0.1, 0.15) is 17.4 Å². The second-order valence-corrected chi connectivity index (χ2v) is 8.01. The minimum absolute atomic E-state index is 0.0747. The Labute approximate surface area is 139 Å². The maximum Gasteiger partial charge on any atom is 0.261 e. The molecular weight excluding hydrogens is 336 g/mol. The van der Waals surface area contributed by atoms with Gasteiger partial charge < -0.3 is 10.1 Å². The van der Waals surface area contributed by atoms with Crippen LogP contribution in [0.25, 0.3) is 0 Å². The lowest BCUT2D eigenvalue weighted by Gasteiger charge is -2.14. The van der Waals surface area contributed by atoms with Crippen LogP contribution >= 0.6 is 11.3 Å². The molecule has 124 valence electrons. The van der Waals surface area contributed by atoms with Crippen LogP contribution in [-0.4, -0.2) is 20.4 Å². The molecule has 0 bridgehead atoms. The zero-order valence-corrected chi connectivity index (χ0v) is 14.4. The summed E-state index contributed by atoms with van der Waals surface area (Å²) in [6.07, 6.45) is -0.657. The van der Waals surface area contributed by atoms with Gasteiger partial charge >= 0.3 is 0 Å². The number of nitrogens with one attached hydrogen (secondary N) is 1. The molecule has 1 unspecified atom stereocenters. The van der Waals surface area contributed by atoms with Crippen LogP contribution in [0.4, 0.5) is 0 Å². The lowest BCUT2D eigenvalue weighted by Crippen LogP contribution is -2.35. The van der Waals surface area contributed by atoms with Gasteiger partial charge in [0.2, 0.25) is 10.0 Å².